The van der Waals surface area contributed by atoms with Gasteiger partial charge in [0.15, 0.2) is 10.7 Å². The Morgan fingerprint density at radius 1 is 1.46 bits per heavy atom. The van der Waals surface area contributed by atoms with Crippen LogP contribution in [0.15, 0.2) is 23.1 Å². The molecule has 0 amide bonds. The maximum absolute atomic E-state index is 8.83. The molecule has 2 rings (SSSR count). The molecule has 0 bridgehead atoms. The molecule has 1 aliphatic heterocycles. The Balaban J connectivity index is 2.53. The fraction of sp³-hybridized carbons (Fsp3) is 0.300. The fourth-order valence-corrected chi connectivity index (χ4v) is 2.37. The van der Waals surface area contributed by atoms with Crippen LogP contribution in [0.1, 0.15) is 19.4 Å². The lowest BCUT2D eigenvalue weighted by Crippen LogP contribution is -2.18. The Morgan fingerprint density at radius 3 is 2.92 bits per heavy atom. The maximum Gasteiger partial charge on any atom is 0.153 e. The summed E-state index contributed by atoms with van der Waals surface area (Å²) in [7, 11) is 0. The van der Waals surface area contributed by atoms with Crippen LogP contribution in [0.25, 0.3) is 0 Å². The third kappa shape index (κ3) is 1.38. The molecule has 0 aliphatic carbocycles. The van der Waals surface area contributed by atoms with Crippen molar-refractivity contribution in [3.8, 4) is 11.8 Å². The van der Waals surface area contributed by atoms with Gasteiger partial charge in [-0.1, -0.05) is 17.8 Å². The van der Waals surface area contributed by atoms with Crippen LogP contribution in [0.2, 0.25) is 0 Å². The highest BCUT2D eigenvalue weighted by atomic mass is 32.2. The summed E-state index contributed by atoms with van der Waals surface area (Å²) in [6, 6.07) is 7.77. The zero-order chi connectivity index (χ0) is 9.47. The number of nitrogens with zero attached hydrogens (tertiary/aromatic N) is 1. The molecule has 0 radical (unpaired) electrons. The number of fused-ring (bicyclic) bond motifs is 1. The molecular weight excluding hydrogens is 182 g/mol. The lowest BCUT2D eigenvalue weighted by atomic mass is 10.2. The SMILES string of the molecule is CC1(C)Oc2c(C#N)cccc2S1. The fourth-order valence-electron chi connectivity index (χ4n) is 1.32. The Morgan fingerprint density at radius 2 is 2.23 bits per heavy atom. The summed E-state index contributed by atoms with van der Waals surface area (Å²) in [6.07, 6.45) is 0. The molecule has 13 heavy (non-hydrogen) atoms. The summed E-state index contributed by atoms with van der Waals surface area (Å²) in [5, 5.41) is 8.83. The lowest BCUT2D eigenvalue weighted by Gasteiger charge is -2.15. The molecule has 1 aromatic rings. The zero-order valence-electron chi connectivity index (χ0n) is 7.50. The van der Waals surface area contributed by atoms with Crippen LogP contribution >= 0.6 is 11.8 Å². The molecule has 0 atom stereocenters. The summed E-state index contributed by atoms with van der Waals surface area (Å²) in [5.74, 6) is 0.736. The highest BCUT2D eigenvalue weighted by Crippen LogP contribution is 2.48. The first-order chi connectivity index (χ1) is 6.12. The quantitative estimate of drug-likeness (QED) is 0.632. The van der Waals surface area contributed by atoms with Crippen molar-refractivity contribution in [2.45, 2.75) is 23.7 Å². The number of hydrogen-bond acceptors (Lipinski definition) is 3. The van der Waals surface area contributed by atoms with Crippen molar-refractivity contribution < 1.29 is 4.74 Å². The average molecular weight is 191 g/mol. The lowest BCUT2D eigenvalue weighted by molar-refractivity contribution is 0.214. The number of benzene rings is 1. The average Bonchev–Trinajstić information content (AvgIpc) is 2.37. The van der Waals surface area contributed by atoms with Crippen molar-refractivity contribution in [3.05, 3.63) is 23.8 Å². The van der Waals surface area contributed by atoms with Gasteiger partial charge in [0.1, 0.15) is 6.07 Å². The van der Waals surface area contributed by atoms with Gasteiger partial charge in [-0.3, -0.25) is 0 Å². The maximum atomic E-state index is 8.83. The molecule has 1 aliphatic rings. The smallest absolute Gasteiger partial charge is 0.153 e. The van der Waals surface area contributed by atoms with Crippen molar-refractivity contribution in [2.75, 3.05) is 0 Å². The molecule has 1 heterocycles. The van der Waals surface area contributed by atoms with Gasteiger partial charge in [0.25, 0.3) is 0 Å². The number of thioether (sulfide) groups is 1. The van der Waals surface area contributed by atoms with E-state index in [2.05, 4.69) is 6.07 Å². The summed E-state index contributed by atoms with van der Waals surface area (Å²) >= 11 is 1.65. The first kappa shape index (κ1) is 8.46. The van der Waals surface area contributed by atoms with Crippen LogP contribution in [0, 0.1) is 11.3 Å². The Labute approximate surface area is 81.5 Å². The van der Waals surface area contributed by atoms with Crippen LogP contribution < -0.4 is 4.74 Å². The molecule has 0 saturated heterocycles. The summed E-state index contributed by atoms with van der Waals surface area (Å²) in [5.41, 5.74) is 0.621. The van der Waals surface area contributed by atoms with Crippen molar-refractivity contribution >= 4 is 11.8 Å². The van der Waals surface area contributed by atoms with Crippen molar-refractivity contribution in [3.63, 3.8) is 0 Å². The van der Waals surface area contributed by atoms with Gasteiger partial charge < -0.3 is 4.74 Å². The van der Waals surface area contributed by atoms with Gasteiger partial charge in [0.2, 0.25) is 0 Å². The third-order valence-corrected chi connectivity index (χ3v) is 2.92. The van der Waals surface area contributed by atoms with E-state index in [1.54, 1.807) is 17.8 Å². The monoisotopic (exact) mass is 191 g/mol. The molecule has 0 spiro atoms. The van der Waals surface area contributed by atoms with Gasteiger partial charge in [-0.2, -0.15) is 5.26 Å². The highest BCUT2D eigenvalue weighted by molar-refractivity contribution is 8.00. The van der Waals surface area contributed by atoms with Crippen molar-refractivity contribution in [2.24, 2.45) is 0 Å². The van der Waals surface area contributed by atoms with E-state index in [1.165, 1.54) is 0 Å². The summed E-state index contributed by atoms with van der Waals surface area (Å²) in [6.45, 7) is 4.00. The predicted octanol–water partition coefficient (Wildman–Crippen LogP) is 2.78. The number of hydrogen-bond donors (Lipinski definition) is 0. The van der Waals surface area contributed by atoms with Gasteiger partial charge in [-0.25, -0.2) is 0 Å². The Kier molecular flexibility index (Phi) is 1.74. The second-order valence-electron chi connectivity index (χ2n) is 3.35. The number of nitriles is 1. The normalized spacial score (nSPS) is 17.3. The minimum absolute atomic E-state index is 0.241. The number of ether oxygens (including phenoxy) is 1. The largest absolute Gasteiger partial charge is 0.474 e. The van der Waals surface area contributed by atoms with Gasteiger partial charge in [0.05, 0.1) is 10.5 Å². The first-order valence-electron chi connectivity index (χ1n) is 4.03. The second-order valence-corrected chi connectivity index (χ2v) is 4.98. The van der Waals surface area contributed by atoms with Crippen LogP contribution in [0.4, 0.5) is 0 Å². The molecule has 0 N–H and O–H groups in total. The van der Waals surface area contributed by atoms with E-state index in [4.69, 9.17) is 10.00 Å². The molecule has 3 heteroatoms. The van der Waals surface area contributed by atoms with Gasteiger partial charge in [-0.15, -0.1) is 0 Å². The van der Waals surface area contributed by atoms with E-state index < -0.39 is 0 Å². The van der Waals surface area contributed by atoms with E-state index in [0.717, 1.165) is 10.6 Å². The van der Waals surface area contributed by atoms with Crippen molar-refractivity contribution in [1.29, 1.82) is 5.26 Å². The molecule has 0 unspecified atom stereocenters. The van der Waals surface area contributed by atoms with Crippen LogP contribution in [0.3, 0.4) is 0 Å². The summed E-state index contributed by atoms with van der Waals surface area (Å²) in [4.78, 5) is 0.819. The standard InChI is InChI=1S/C10H9NOS/c1-10(2)12-9-7(6-11)4-3-5-8(9)13-10/h3-5H,1-2H3. The molecule has 66 valence electrons. The van der Waals surface area contributed by atoms with Gasteiger partial charge >= 0.3 is 0 Å². The predicted molar refractivity (Wildman–Crippen MR) is 51.7 cm³/mol. The van der Waals surface area contributed by atoms with Gasteiger partial charge in [-0.05, 0) is 26.0 Å². The topological polar surface area (TPSA) is 33.0 Å². The van der Waals surface area contributed by atoms with Crippen LogP contribution in [-0.4, -0.2) is 4.93 Å². The molecular formula is C10H9NOS. The third-order valence-electron chi connectivity index (χ3n) is 1.80. The number of rotatable bonds is 0. The molecule has 0 fully saturated rings. The minimum Gasteiger partial charge on any atom is -0.474 e. The molecule has 0 aromatic heterocycles. The first-order valence-corrected chi connectivity index (χ1v) is 4.85. The van der Waals surface area contributed by atoms with E-state index in [9.17, 15) is 0 Å². The molecule has 1 aromatic carbocycles. The summed E-state index contributed by atoms with van der Waals surface area (Å²) < 4.78 is 5.66. The second kappa shape index (κ2) is 2.68. The highest BCUT2D eigenvalue weighted by Gasteiger charge is 2.32. The molecule has 0 saturated carbocycles. The van der Waals surface area contributed by atoms with E-state index in [0.29, 0.717) is 5.56 Å². The van der Waals surface area contributed by atoms with Crippen molar-refractivity contribution in [1.82, 2.24) is 0 Å². The van der Waals surface area contributed by atoms with Crippen LogP contribution in [0.5, 0.6) is 5.75 Å². The molecule has 2 nitrogen and oxygen atoms in total. The Hall–Kier alpha value is -1.14. The zero-order valence-corrected chi connectivity index (χ0v) is 8.31. The van der Waals surface area contributed by atoms with Crippen LogP contribution in [-0.2, 0) is 0 Å². The van der Waals surface area contributed by atoms with E-state index >= 15 is 0 Å². The minimum atomic E-state index is -0.241. The Bertz CT molecular complexity index is 392. The number of para-hydroxylation sites is 1. The van der Waals surface area contributed by atoms with E-state index in [1.807, 2.05) is 26.0 Å². The van der Waals surface area contributed by atoms with Gasteiger partial charge in [0, 0.05) is 0 Å². The van der Waals surface area contributed by atoms with E-state index in [-0.39, 0.29) is 4.93 Å².